The Hall–Kier alpha value is -1.29. The Kier molecular flexibility index (Phi) is 2.54. The third-order valence-electron chi connectivity index (χ3n) is 2.44. The smallest absolute Gasteiger partial charge is 0.164 e. The zero-order chi connectivity index (χ0) is 9.97. The largest absolute Gasteiger partial charge is 0.493 e. The number of ether oxygens (including phenoxy) is 1. The fourth-order valence-electron chi connectivity index (χ4n) is 1.74. The Morgan fingerprint density at radius 1 is 1.64 bits per heavy atom. The molecule has 0 saturated carbocycles. The molecule has 1 aromatic heterocycles. The summed E-state index contributed by atoms with van der Waals surface area (Å²) in [6, 6.07) is 0. The molecular weight excluding hydrogens is 178 g/mol. The summed E-state index contributed by atoms with van der Waals surface area (Å²) in [6.45, 7) is 4.80. The quantitative estimate of drug-likeness (QED) is 0.775. The van der Waals surface area contributed by atoms with Crippen LogP contribution in [0.25, 0.3) is 5.57 Å². The summed E-state index contributed by atoms with van der Waals surface area (Å²) in [5, 5.41) is 7.55. The summed E-state index contributed by atoms with van der Waals surface area (Å²) < 4.78 is 7.26. The minimum atomic E-state index is 0.863. The third kappa shape index (κ3) is 1.42. The highest BCUT2D eigenvalue weighted by Crippen LogP contribution is 2.26. The van der Waals surface area contributed by atoms with Gasteiger partial charge in [-0.15, -0.1) is 0 Å². The molecule has 1 aliphatic heterocycles. The molecule has 14 heavy (non-hydrogen) atoms. The molecular formula is C10H15N3O. The molecule has 1 N–H and O–H groups in total. The van der Waals surface area contributed by atoms with E-state index in [1.54, 1.807) is 13.3 Å². The van der Waals surface area contributed by atoms with Crippen LogP contribution in [0.4, 0.5) is 0 Å². The maximum atomic E-state index is 5.29. The zero-order valence-electron chi connectivity index (χ0n) is 8.58. The van der Waals surface area contributed by atoms with Crippen LogP contribution in [-0.2, 0) is 6.54 Å². The number of nitrogens with zero attached hydrogens (tertiary/aromatic N) is 2. The normalized spacial score (nSPS) is 15.7. The van der Waals surface area contributed by atoms with E-state index in [1.165, 1.54) is 5.57 Å². The second-order valence-corrected chi connectivity index (χ2v) is 3.24. The number of nitrogens with one attached hydrogen (secondary N) is 1. The first-order valence-electron chi connectivity index (χ1n) is 4.86. The number of aromatic nitrogens is 2. The van der Waals surface area contributed by atoms with Gasteiger partial charge in [0.1, 0.15) is 5.69 Å². The second-order valence-electron chi connectivity index (χ2n) is 3.24. The van der Waals surface area contributed by atoms with Crippen LogP contribution in [0.15, 0.2) is 12.3 Å². The van der Waals surface area contributed by atoms with Gasteiger partial charge in [-0.2, -0.15) is 5.10 Å². The van der Waals surface area contributed by atoms with Gasteiger partial charge < -0.3 is 10.1 Å². The van der Waals surface area contributed by atoms with Gasteiger partial charge >= 0.3 is 0 Å². The molecule has 0 saturated heterocycles. The van der Waals surface area contributed by atoms with Crippen LogP contribution < -0.4 is 10.1 Å². The average molecular weight is 193 g/mol. The summed E-state index contributed by atoms with van der Waals surface area (Å²) in [7, 11) is 1.68. The van der Waals surface area contributed by atoms with Gasteiger partial charge in [-0.3, -0.25) is 4.68 Å². The van der Waals surface area contributed by atoms with E-state index in [0.29, 0.717) is 0 Å². The fraction of sp³-hybridized carbons (Fsp3) is 0.500. The van der Waals surface area contributed by atoms with Crippen molar-refractivity contribution in [1.82, 2.24) is 15.1 Å². The highest BCUT2D eigenvalue weighted by atomic mass is 16.5. The molecule has 0 radical (unpaired) electrons. The van der Waals surface area contributed by atoms with E-state index in [4.69, 9.17) is 4.74 Å². The first-order chi connectivity index (χ1) is 6.86. The van der Waals surface area contributed by atoms with E-state index in [9.17, 15) is 0 Å². The van der Waals surface area contributed by atoms with E-state index in [0.717, 1.165) is 31.1 Å². The standard InChI is InChI=1S/C10H15N3O/c1-3-13-10(8-4-5-11-6-8)9(14-2)7-12-13/h4,7,11H,3,5-6H2,1-2H3. The van der Waals surface area contributed by atoms with Crippen LogP contribution in [0.5, 0.6) is 5.75 Å². The van der Waals surface area contributed by atoms with Crippen LogP contribution in [0, 0.1) is 0 Å². The molecule has 0 aliphatic carbocycles. The molecule has 0 atom stereocenters. The number of hydrogen-bond acceptors (Lipinski definition) is 3. The van der Waals surface area contributed by atoms with Gasteiger partial charge in [0, 0.05) is 19.6 Å². The highest BCUT2D eigenvalue weighted by Gasteiger charge is 2.16. The molecule has 76 valence electrons. The van der Waals surface area contributed by atoms with Crippen molar-refractivity contribution in [2.75, 3.05) is 20.2 Å². The van der Waals surface area contributed by atoms with Crippen LogP contribution in [-0.4, -0.2) is 30.0 Å². The van der Waals surface area contributed by atoms with Crippen LogP contribution in [0.1, 0.15) is 12.6 Å². The van der Waals surface area contributed by atoms with Gasteiger partial charge in [0.2, 0.25) is 0 Å². The van der Waals surface area contributed by atoms with Gasteiger partial charge in [0.05, 0.1) is 13.3 Å². The highest BCUT2D eigenvalue weighted by molar-refractivity contribution is 5.70. The molecule has 0 spiro atoms. The molecule has 0 unspecified atom stereocenters. The third-order valence-corrected chi connectivity index (χ3v) is 2.44. The lowest BCUT2D eigenvalue weighted by Crippen LogP contribution is -2.10. The lowest BCUT2D eigenvalue weighted by Gasteiger charge is -2.07. The molecule has 1 aromatic rings. The Morgan fingerprint density at radius 2 is 2.50 bits per heavy atom. The van der Waals surface area contributed by atoms with Crippen molar-refractivity contribution < 1.29 is 4.74 Å². The predicted molar refractivity (Wildman–Crippen MR) is 55.3 cm³/mol. The molecule has 4 nitrogen and oxygen atoms in total. The van der Waals surface area contributed by atoms with Crippen molar-refractivity contribution in [3.63, 3.8) is 0 Å². The van der Waals surface area contributed by atoms with Crippen LogP contribution in [0.2, 0.25) is 0 Å². The summed E-state index contributed by atoms with van der Waals surface area (Å²) >= 11 is 0. The van der Waals surface area contributed by atoms with E-state index in [1.807, 2.05) is 4.68 Å². The number of rotatable bonds is 3. The summed E-state index contributed by atoms with van der Waals surface area (Å²) in [5.74, 6) is 0.863. The Bertz CT molecular complexity index is 333. The minimum absolute atomic E-state index is 0.863. The maximum absolute atomic E-state index is 5.29. The number of methoxy groups -OCH3 is 1. The van der Waals surface area contributed by atoms with Crippen LogP contribution >= 0.6 is 0 Å². The second kappa shape index (κ2) is 3.84. The number of hydrogen-bond donors (Lipinski definition) is 1. The molecule has 0 amide bonds. The van der Waals surface area contributed by atoms with E-state index >= 15 is 0 Å². The minimum Gasteiger partial charge on any atom is -0.493 e. The summed E-state index contributed by atoms with van der Waals surface area (Å²) in [6.07, 6.45) is 3.96. The Labute approximate surface area is 83.6 Å². The summed E-state index contributed by atoms with van der Waals surface area (Å²) in [4.78, 5) is 0. The molecule has 0 fully saturated rings. The predicted octanol–water partition coefficient (Wildman–Crippen LogP) is 0.898. The van der Waals surface area contributed by atoms with E-state index in [2.05, 4.69) is 23.4 Å². The molecule has 0 bridgehead atoms. The van der Waals surface area contributed by atoms with Crippen molar-refractivity contribution in [3.05, 3.63) is 18.0 Å². The Balaban J connectivity index is 2.41. The van der Waals surface area contributed by atoms with Crippen LogP contribution in [0.3, 0.4) is 0 Å². The Morgan fingerprint density at radius 3 is 3.07 bits per heavy atom. The molecule has 2 rings (SSSR count). The van der Waals surface area contributed by atoms with Crippen molar-refractivity contribution >= 4 is 5.57 Å². The maximum Gasteiger partial charge on any atom is 0.164 e. The summed E-state index contributed by atoms with van der Waals surface area (Å²) in [5.41, 5.74) is 2.39. The first-order valence-corrected chi connectivity index (χ1v) is 4.86. The molecule has 1 aliphatic rings. The fourth-order valence-corrected chi connectivity index (χ4v) is 1.74. The van der Waals surface area contributed by atoms with Gasteiger partial charge in [-0.25, -0.2) is 0 Å². The van der Waals surface area contributed by atoms with Gasteiger partial charge in [-0.1, -0.05) is 6.08 Å². The lowest BCUT2D eigenvalue weighted by atomic mass is 10.2. The molecule has 0 aromatic carbocycles. The molecule has 2 heterocycles. The number of aryl methyl sites for hydroxylation is 1. The van der Waals surface area contributed by atoms with Gasteiger partial charge in [0.25, 0.3) is 0 Å². The topological polar surface area (TPSA) is 39.1 Å². The average Bonchev–Trinajstić information content (AvgIpc) is 2.85. The monoisotopic (exact) mass is 193 g/mol. The molecule has 4 heteroatoms. The van der Waals surface area contributed by atoms with Crippen molar-refractivity contribution in [2.24, 2.45) is 0 Å². The lowest BCUT2D eigenvalue weighted by molar-refractivity contribution is 0.412. The zero-order valence-corrected chi connectivity index (χ0v) is 8.58. The van der Waals surface area contributed by atoms with Crippen molar-refractivity contribution in [2.45, 2.75) is 13.5 Å². The van der Waals surface area contributed by atoms with Crippen molar-refractivity contribution in [1.29, 1.82) is 0 Å². The van der Waals surface area contributed by atoms with E-state index in [-0.39, 0.29) is 0 Å². The van der Waals surface area contributed by atoms with Crippen molar-refractivity contribution in [3.8, 4) is 5.75 Å². The SMILES string of the molecule is CCn1ncc(OC)c1C1=CCNC1. The first kappa shape index (κ1) is 9.27. The van der Waals surface area contributed by atoms with Gasteiger partial charge in [0.15, 0.2) is 5.75 Å². The van der Waals surface area contributed by atoms with Gasteiger partial charge in [-0.05, 0) is 12.5 Å². The van der Waals surface area contributed by atoms with E-state index < -0.39 is 0 Å².